The van der Waals surface area contributed by atoms with Crippen LogP contribution < -0.4 is 14.5 Å². The number of hydrogen-bond acceptors (Lipinski definition) is 5. The van der Waals surface area contributed by atoms with Gasteiger partial charge in [-0.25, -0.2) is 23.1 Å². The molecule has 9 heteroatoms. The van der Waals surface area contributed by atoms with E-state index in [0.717, 1.165) is 29.3 Å². The molecule has 1 aliphatic heterocycles. The van der Waals surface area contributed by atoms with Gasteiger partial charge in [0.05, 0.1) is 11.8 Å². The molecule has 1 amide bonds. The molecule has 32 heavy (non-hydrogen) atoms. The minimum atomic E-state index is -1.50. The van der Waals surface area contributed by atoms with Gasteiger partial charge in [-0.2, -0.15) is 0 Å². The Labute approximate surface area is 185 Å². The molecule has 2 heterocycles. The van der Waals surface area contributed by atoms with Crippen LogP contribution in [0.5, 0.6) is 5.75 Å². The number of carbonyl (C=O) groups is 1. The van der Waals surface area contributed by atoms with E-state index in [0.29, 0.717) is 25.1 Å². The average molecular weight is 448 g/mol. The molecule has 0 spiro atoms. The van der Waals surface area contributed by atoms with Gasteiger partial charge in [0.15, 0.2) is 23.3 Å². The maximum Gasteiger partial charge on any atom is 0.249 e. The highest BCUT2D eigenvalue weighted by Gasteiger charge is 2.38. The average Bonchev–Trinajstić information content (AvgIpc) is 2.69. The highest BCUT2D eigenvalue weighted by molar-refractivity contribution is 6.05. The molecule has 1 aliphatic carbocycles. The summed E-state index contributed by atoms with van der Waals surface area (Å²) >= 11 is 0. The summed E-state index contributed by atoms with van der Waals surface area (Å²) in [7, 11) is 1.86. The molecule has 2 aliphatic rings. The second-order valence-corrected chi connectivity index (χ2v) is 8.97. The predicted molar refractivity (Wildman–Crippen MR) is 114 cm³/mol. The molecule has 0 N–H and O–H groups in total. The number of aromatic nitrogens is 2. The number of nitrogens with zero attached hydrogens (tertiary/aromatic N) is 4. The molecule has 0 radical (unpaired) electrons. The van der Waals surface area contributed by atoms with Crippen LogP contribution in [0.3, 0.4) is 0 Å². The number of rotatable bonds is 5. The van der Waals surface area contributed by atoms with E-state index in [1.165, 1.54) is 0 Å². The Morgan fingerprint density at radius 3 is 2.38 bits per heavy atom. The summed E-state index contributed by atoms with van der Waals surface area (Å²) in [6.07, 6.45) is 1.81. The molecule has 0 saturated heterocycles. The molecule has 1 aromatic heterocycles. The first-order chi connectivity index (χ1) is 15.1. The van der Waals surface area contributed by atoms with Gasteiger partial charge < -0.3 is 14.5 Å². The monoisotopic (exact) mass is 448 g/mol. The quantitative estimate of drug-likeness (QED) is 0.643. The Morgan fingerprint density at radius 2 is 1.78 bits per heavy atom. The number of ether oxygens (including phenoxy) is 1. The van der Waals surface area contributed by atoms with Crippen molar-refractivity contribution in [3.63, 3.8) is 0 Å². The molecule has 2 aromatic rings. The fraction of sp³-hybridized carbons (Fsp3) is 0.522. The predicted octanol–water partition coefficient (Wildman–Crippen LogP) is 4.18. The first kappa shape index (κ1) is 22.4. The van der Waals surface area contributed by atoms with E-state index < -0.39 is 17.5 Å². The van der Waals surface area contributed by atoms with E-state index in [2.05, 4.69) is 4.98 Å². The van der Waals surface area contributed by atoms with Gasteiger partial charge in [-0.15, -0.1) is 0 Å². The first-order valence-electron chi connectivity index (χ1n) is 10.8. The van der Waals surface area contributed by atoms with Gasteiger partial charge in [0.1, 0.15) is 23.3 Å². The van der Waals surface area contributed by atoms with Crippen molar-refractivity contribution in [2.75, 3.05) is 16.8 Å². The van der Waals surface area contributed by atoms with Crippen LogP contribution in [0.2, 0.25) is 0 Å². The van der Waals surface area contributed by atoms with Gasteiger partial charge in [0.2, 0.25) is 5.91 Å². The summed E-state index contributed by atoms with van der Waals surface area (Å²) in [5, 5.41) is 0. The number of amides is 1. The molecular weight excluding hydrogens is 421 g/mol. The van der Waals surface area contributed by atoms with E-state index in [-0.39, 0.29) is 35.8 Å². The van der Waals surface area contributed by atoms with E-state index in [1.807, 2.05) is 39.6 Å². The van der Waals surface area contributed by atoms with Crippen LogP contribution in [0.1, 0.15) is 45.1 Å². The molecule has 0 unspecified atom stereocenters. The molecule has 1 aromatic carbocycles. The zero-order valence-electron chi connectivity index (χ0n) is 18.8. The molecule has 1 saturated carbocycles. The normalized spacial score (nSPS) is 22.8. The summed E-state index contributed by atoms with van der Waals surface area (Å²) in [4.78, 5) is 25.9. The summed E-state index contributed by atoms with van der Waals surface area (Å²) < 4.78 is 45.4. The first-order valence-corrected chi connectivity index (χ1v) is 10.8. The van der Waals surface area contributed by atoms with Crippen LogP contribution in [0.4, 0.5) is 24.7 Å². The number of likely N-dealkylation sites (N-methyl/N-ethyl adjacent to an activating group) is 1. The number of anilines is 2. The van der Waals surface area contributed by atoms with Crippen molar-refractivity contribution < 1.29 is 22.7 Å². The van der Waals surface area contributed by atoms with Crippen molar-refractivity contribution in [1.29, 1.82) is 0 Å². The Morgan fingerprint density at radius 1 is 1.16 bits per heavy atom. The maximum absolute atomic E-state index is 13.4. The van der Waals surface area contributed by atoms with Crippen molar-refractivity contribution >= 4 is 17.4 Å². The third kappa shape index (κ3) is 3.89. The molecule has 4 rings (SSSR count). The SMILES string of the molecule is Cc1nc(CC2CC(Oc3cc(F)c(F)c(F)c3)C2)nc2c1N(C(C)C)C(=O)[C@H](C)N2C. The molecule has 1 atom stereocenters. The maximum atomic E-state index is 13.4. The third-order valence-electron chi connectivity index (χ3n) is 6.28. The lowest BCUT2D eigenvalue weighted by molar-refractivity contribution is -0.120. The number of benzene rings is 1. The summed E-state index contributed by atoms with van der Waals surface area (Å²) in [6.45, 7) is 7.70. The molecule has 0 bridgehead atoms. The number of carbonyl (C=O) groups excluding carboxylic acids is 1. The van der Waals surface area contributed by atoms with Gasteiger partial charge in [0.25, 0.3) is 0 Å². The summed E-state index contributed by atoms with van der Waals surface area (Å²) in [5.41, 5.74) is 1.51. The summed E-state index contributed by atoms with van der Waals surface area (Å²) in [5.74, 6) is -2.30. The van der Waals surface area contributed by atoms with Gasteiger partial charge in [-0.05, 0) is 46.5 Å². The van der Waals surface area contributed by atoms with Crippen LogP contribution in [-0.4, -0.2) is 41.1 Å². The Hall–Kier alpha value is -2.84. The topological polar surface area (TPSA) is 58.6 Å². The van der Waals surface area contributed by atoms with Crippen molar-refractivity contribution in [1.82, 2.24) is 9.97 Å². The van der Waals surface area contributed by atoms with Crippen LogP contribution in [0, 0.1) is 30.3 Å². The number of hydrogen-bond donors (Lipinski definition) is 0. The number of fused-ring (bicyclic) bond motifs is 1. The lowest BCUT2D eigenvalue weighted by Gasteiger charge is -2.41. The Balaban J connectivity index is 1.46. The van der Waals surface area contributed by atoms with Crippen LogP contribution in [0.25, 0.3) is 0 Å². The Bertz CT molecular complexity index is 1030. The minimum Gasteiger partial charge on any atom is -0.490 e. The summed E-state index contributed by atoms with van der Waals surface area (Å²) in [6, 6.07) is 1.40. The minimum absolute atomic E-state index is 0.00350. The van der Waals surface area contributed by atoms with E-state index >= 15 is 0 Å². The fourth-order valence-electron chi connectivity index (χ4n) is 4.39. The molecular formula is C23H27F3N4O2. The van der Waals surface area contributed by atoms with Crippen molar-refractivity contribution in [2.24, 2.45) is 5.92 Å². The van der Waals surface area contributed by atoms with Crippen molar-refractivity contribution in [3.8, 4) is 5.75 Å². The Kier molecular flexibility index (Phi) is 5.77. The second-order valence-electron chi connectivity index (χ2n) is 8.97. The van der Waals surface area contributed by atoms with Gasteiger partial charge in [-0.3, -0.25) is 4.79 Å². The van der Waals surface area contributed by atoms with Gasteiger partial charge in [-0.1, -0.05) is 0 Å². The van der Waals surface area contributed by atoms with Crippen molar-refractivity contribution in [2.45, 2.75) is 65.1 Å². The van der Waals surface area contributed by atoms with Crippen LogP contribution in [-0.2, 0) is 11.2 Å². The van der Waals surface area contributed by atoms with E-state index in [1.54, 1.807) is 4.90 Å². The highest BCUT2D eigenvalue weighted by Crippen LogP contribution is 2.39. The van der Waals surface area contributed by atoms with E-state index in [4.69, 9.17) is 9.72 Å². The van der Waals surface area contributed by atoms with Gasteiger partial charge in [0, 0.05) is 31.6 Å². The van der Waals surface area contributed by atoms with Gasteiger partial charge >= 0.3 is 0 Å². The van der Waals surface area contributed by atoms with Crippen molar-refractivity contribution in [3.05, 3.63) is 41.1 Å². The zero-order valence-corrected chi connectivity index (χ0v) is 18.8. The molecule has 1 fully saturated rings. The smallest absolute Gasteiger partial charge is 0.249 e. The van der Waals surface area contributed by atoms with Crippen LogP contribution >= 0.6 is 0 Å². The van der Waals surface area contributed by atoms with E-state index in [9.17, 15) is 18.0 Å². The lowest BCUT2D eigenvalue weighted by Crippen LogP contribution is -2.53. The number of aryl methyl sites for hydroxylation is 1. The lowest BCUT2D eigenvalue weighted by atomic mass is 9.80. The molecule has 6 nitrogen and oxygen atoms in total. The third-order valence-corrected chi connectivity index (χ3v) is 6.28. The fourth-order valence-corrected chi connectivity index (χ4v) is 4.39. The zero-order chi connectivity index (χ0) is 23.3. The molecule has 172 valence electrons. The standard InChI is InChI=1S/C23H27F3N4O2/c1-11(2)30-21-12(3)27-19(28-22(21)29(5)13(4)23(30)31)8-14-6-15(7-14)32-16-9-17(24)20(26)18(25)10-16/h9-11,13-15H,6-8H2,1-5H3/t13-,14?,15?/m0/s1. The second kappa shape index (κ2) is 8.26. The van der Waals surface area contributed by atoms with Crippen LogP contribution in [0.15, 0.2) is 12.1 Å². The number of halogens is 3. The largest absolute Gasteiger partial charge is 0.490 e. The highest BCUT2D eigenvalue weighted by atomic mass is 19.2.